The number of ether oxygens (including phenoxy) is 1. The van der Waals surface area contributed by atoms with Crippen LogP contribution in [-0.2, 0) is 11.3 Å². The number of para-hydroxylation sites is 1. The number of amides is 1. The molecule has 134 valence electrons. The number of hydrogen-bond donors (Lipinski definition) is 1. The van der Waals surface area contributed by atoms with Crippen molar-refractivity contribution < 1.29 is 22.7 Å². The van der Waals surface area contributed by atoms with Gasteiger partial charge in [0.1, 0.15) is 5.75 Å². The molecule has 1 aromatic rings. The molecule has 1 aromatic carbocycles. The average molecular weight is 345 g/mol. The first-order valence-electron chi connectivity index (χ1n) is 7.92. The average Bonchev–Trinajstić information content (AvgIpc) is 2.53. The maximum absolute atomic E-state index is 12.4. The van der Waals surface area contributed by atoms with Gasteiger partial charge in [-0.3, -0.25) is 9.69 Å². The Morgan fingerprint density at radius 1 is 1.17 bits per heavy atom. The van der Waals surface area contributed by atoms with Crippen molar-refractivity contribution in [1.82, 2.24) is 15.1 Å². The van der Waals surface area contributed by atoms with Gasteiger partial charge in [0.15, 0.2) is 0 Å². The molecule has 0 atom stereocenters. The summed E-state index contributed by atoms with van der Waals surface area (Å²) in [6.07, 6.45) is -4.75. The van der Waals surface area contributed by atoms with E-state index in [1.807, 2.05) is 4.90 Å². The first kappa shape index (κ1) is 18.5. The zero-order valence-corrected chi connectivity index (χ0v) is 13.6. The molecule has 1 saturated heterocycles. The minimum Gasteiger partial charge on any atom is -0.405 e. The third kappa shape index (κ3) is 6.01. The molecule has 1 heterocycles. The lowest BCUT2D eigenvalue weighted by molar-refractivity contribution is -0.274. The Hall–Kier alpha value is -1.80. The lowest BCUT2D eigenvalue weighted by Gasteiger charge is -2.33. The molecule has 8 heteroatoms. The van der Waals surface area contributed by atoms with Gasteiger partial charge in [-0.05, 0) is 12.6 Å². The van der Waals surface area contributed by atoms with E-state index in [0.717, 1.165) is 32.7 Å². The summed E-state index contributed by atoms with van der Waals surface area (Å²) in [5.41, 5.74) is 0.291. The predicted molar refractivity (Wildman–Crippen MR) is 83.5 cm³/mol. The Bertz CT molecular complexity index is 544. The molecule has 0 aliphatic carbocycles. The lowest BCUT2D eigenvalue weighted by Crippen LogP contribution is -2.49. The van der Waals surface area contributed by atoms with Crippen molar-refractivity contribution in [2.45, 2.75) is 19.8 Å². The Balaban J connectivity index is 1.82. The molecular weight excluding hydrogens is 323 g/mol. The van der Waals surface area contributed by atoms with Crippen LogP contribution in [0.3, 0.4) is 0 Å². The molecular formula is C16H22F3N3O2. The molecule has 0 bridgehead atoms. The highest BCUT2D eigenvalue weighted by Crippen LogP contribution is 2.26. The molecule has 0 unspecified atom stereocenters. The first-order valence-corrected chi connectivity index (χ1v) is 7.92. The van der Waals surface area contributed by atoms with Crippen LogP contribution < -0.4 is 10.1 Å². The Morgan fingerprint density at radius 3 is 2.42 bits per heavy atom. The van der Waals surface area contributed by atoms with E-state index >= 15 is 0 Å². The molecule has 1 amide bonds. The van der Waals surface area contributed by atoms with Crippen LogP contribution in [0.2, 0.25) is 0 Å². The van der Waals surface area contributed by atoms with Crippen molar-refractivity contribution in [2.75, 3.05) is 39.3 Å². The highest BCUT2D eigenvalue weighted by atomic mass is 19.4. The molecule has 24 heavy (non-hydrogen) atoms. The van der Waals surface area contributed by atoms with E-state index in [9.17, 15) is 18.0 Å². The summed E-state index contributed by atoms with van der Waals surface area (Å²) in [6, 6.07) is 5.80. The summed E-state index contributed by atoms with van der Waals surface area (Å²) in [5, 5.41) is 2.66. The summed E-state index contributed by atoms with van der Waals surface area (Å²) in [5.74, 6) is -0.497. The highest BCUT2D eigenvalue weighted by molar-refractivity contribution is 5.78. The summed E-state index contributed by atoms with van der Waals surface area (Å²) < 4.78 is 41.1. The van der Waals surface area contributed by atoms with Crippen LogP contribution in [0.1, 0.15) is 12.5 Å². The normalized spacial score (nSPS) is 16.8. The van der Waals surface area contributed by atoms with Gasteiger partial charge >= 0.3 is 6.36 Å². The zero-order chi connectivity index (χ0) is 17.6. The number of nitrogens with zero attached hydrogens (tertiary/aromatic N) is 2. The number of halogens is 3. The smallest absolute Gasteiger partial charge is 0.405 e. The molecule has 2 rings (SSSR count). The monoisotopic (exact) mass is 345 g/mol. The van der Waals surface area contributed by atoms with Crippen LogP contribution in [0.5, 0.6) is 5.75 Å². The van der Waals surface area contributed by atoms with E-state index < -0.39 is 6.36 Å². The Morgan fingerprint density at radius 2 is 1.79 bits per heavy atom. The zero-order valence-electron chi connectivity index (χ0n) is 13.6. The topological polar surface area (TPSA) is 44.8 Å². The van der Waals surface area contributed by atoms with Crippen LogP contribution in [0.4, 0.5) is 13.2 Å². The molecule has 1 N–H and O–H groups in total. The molecule has 1 aliphatic heterocycles. The number of piperazine rings is 1. The molecule has 0 spiro atoms. The minimum absolute atomic E-state index is 0.0000116. The van der Waals surface area contributed by atoms with Gasteiger partial charge in [-0.2, -0.15) is 0 Å². The Labute approximate surface area is 139 Å². The maximum atomic E-state index is 12.4. The van der Waals surface area contributed by atoms with E-state index in [4.69, 9.17) is 0 Å². The van der Waals surface area contributed by atoms with Crippen LogP contribution in [0.25, 0.3) is 0 Å². The van der Waals surface area contributed by atoms with E-state index in [-0.39, 0.29) is 24.7 Å². The summed E-state index contributed by atoms with van der Waals surface area (Å²) in [7, 11) is 0. The maximum Gasteiger partial charge on any atom is 0.573 e. The largest absolute Gasteiger partial charge is 0.573 e. The molecule has 0 radical (unpaired) electrons. The van der Waals surface area contributed by atoms with Crippen LogP contribution in [0.15, 0.2) is 24.3 Å². The number of carbonyl (C=O) groups is 1. The van der Waals surface area contributed by atoms with Crippen LogP contribution in [0, 0.1) is 0 Å². The highest BCUT2D eigenvalue weighted by Gasteiger charge is 2.32. The number of alkyl halides is 3. The van der Waals surface area contributed by atoms with E-state index in [1.165, 1.54) is 18.2 Å². The van der Waals surface area contributed by atoms with Crippen LogP contribution in [-0.4, -0.2) is 61.3 Å². The second kappa shape index (κ2) is 8.34. The third-order valence-electron chi connectivity index (χ3n) is 3.95. The van der Waals surface area contributed by atoms with Crippen molar-refractivity contribution in [3.8, 4) is 5.75 Å². The van der Waals surface area contributed by atoms with Gasteiger partial charge < -0.3 is 15.0 Å². The SMILES string of the molecule is CCN1CCN(CC(=O)NCc2ccccc2OC(F)(F)F)CC1. The van der Waals surface area contributed by atoms with Crippen molar-refractivity contribution in [1.29, 1.82) is 0 Å². The van der Waals surface area contributed by atoms with Gasteiger partial charge in [-0.1, -0.05) is 25.1 Å². The fourth-order valence-corrected chi connectivity index (χ4v) is 2.59. The van der Waals surface area contributed by atoms with E-state index in [1.54, 1.807) is 6.07 Å². The quantitative estimate of drug-likeness (QED) is 0.855. The fraction of sp³-hybridized carbons (Fsp3) is 0.562. The minimum atomic E-state index is -4.75. The summed E-state index contributed by atoms with van der Waals surface area (Å²) in [4.78, 5) is 16.3. The van der Waals surface area contributed by atoms with Gasteiger partial charge in [0.05, 0.1) is 6.54 Å². The third-order valence-corrected chi connectivity index (χ3v) is 3.95. The van der Waals surface area contributed by atoms with Crippen molar-refractivity contribution >= 4 is 5.91 Å². The molecule has 0 aromatic heterocycles. The second-order valence-electron chi connectivity index (χ2n) is 5.64. The Kier molecular flexibility index (Phi) is 6.44. The number of rotatable bonds is 6. The van der Waals surface area contributed by atoms with Crippen molar-refractivity contribution in [3.05, 3.63) is 29.8 Å². The lowest BCUT2D eigenvalue weighted by atomic mass is 10.2. The second-order valence-corrected chi connectivity index (χ2v) is 5.64. The molecule has 5 nitrogen and oxygen atoms in total. The summed E-state index contributed by atoms with van der Waals surface area (Å²) in [6.45, 7) is 6.82. The number of likely N-dealkylation sites (N-methyl/N-ethyl adjacent to an activating group) is 1. The standard InChI is InChI=1S/C16H22F3N3O2/c1-2-21-7-9-22(10-8-21)12-15(23)20-11-13-5-3-4-6-14(13)24-16(17,18)19/h3-6H,2,7-12H2,1H3,(H,20,23). The summed E-state index contributed by atoms with van der Waals surface area (Å²) >= 11 is 0. The molecule has 1 fully saturated rings. The van der Waals surface area contributed by atoms with Crippen molar-refractivity contribution in [3.63, 3.8) is 0 Å². The first-order chi connectivity index (χ1) is 11.4. The van der Waals surface area contributed by atoms with Gasteiger partial charge in [0.2, 0.25) is 5.91 Å². The fourth-order valence-electron chi connectivity index (χ4n) is 2.59. The van der Waals surface area contributed by atoms with Gasteiger partial charge in [-0.15, -0.1) is 13.2 Å². The van der Waals surface area contributed by atoms with Gasteiger partial charge in [0, 0.05) is 38.3 Å². The van der Waals surface area contributed by atoms with Gasteiger partial charge in [0.25, 0.3) is 0 Å². The molecule has 1 aliphatic rings. The van der Waals surface area contributed by atoms with Gasteiger partial charge in [-0.25, -0.2) is 0 Å². The predicted octanol–water partition coefficient (Wildman–Crippen LogP) is 1.84. The van der Waals surface area contributed by atoms with Crippen LogP contribution >= 0.6 is 0 Å². The van der Waals surface area contributed by atoms with Crippen molar-refractivity contribution in [2.24, 2.45) is 0 Å². The van der Waals surface area contributed by atoms with E-state index in [0.29, 0.717) is 5.56 Å². The molecule has 0 saturated carbocycles. The number of hydrogen-bond acceptors (Lipinski definition) is 4. The number of benzene rings is 1. The number of carbonyl (C=O) groups excluding carboxylic acids is 1. The number of nitrogens with one attached hydrogen (secondary N) is 1. The van der Waals surface area contributed by atoms with E-state index in [2.05, 4.69) is 21.9 Å².